The molecule has 0 heterocycles. The molecular weight excluding hydrogens is 288 g/mol. The molecule has 136 valence electrons. The van der Waals surface area contributed by atoms with E-state index in [9.17, 15) is 4.79 Å². The molecule has 0 spiro atoms. The van der Waals surface area contributed by atoms with Gasteiger partial charge in [0.2, 0.25) is 0 Å². The van der Waals surface area contributed by atoms with Crippen LogP contribution < -0.4 is 5.32 Å². The molecule has 0 unspecified atom stereocenters. The summed E-state index contributed by atoms with van der Waals surface area (Å²) in [4.78, 5) is 13.9. The van der Waals surface area contributed by atoms with Crippen LogP contribution in [0.3, 0.4) is 0 Å². The molecule has 0 saturated heterocycles. The third kappa shape index (κ3) is 8.05. The Morgan fingerprint density at radius 2 is 1.83 bits per heavy atom. The summed E-state index contributed by atoms with van der Waals surface area (Å²) in [6.07, 6.45) is 6.09. The highest BCUT2D eigenvalue weighted by atomic mass is 16.6. The number of amides is 1. The summed E-state index contributed by atoms with van der Waals surface area (Å²) in [5.74, 6) is 1.73. The van der Waals surface area contributed by atoms with Gasteiger partial charge in [0.25, 0.3) is 0 Å². The molecule has 1 aliphatic carbocycles. The van der Waals surface area contributed by atoms with Gasteiger partial charge >= 0.3 is 6.09 Å². The summed E-state index contributed by atoms with van der Waals surface area (Å²) in [5, 5.41) is 3.67. The predicted molar refractivity (Wildman–Crippen MR) is 96.7 cm³/mol. The number of carbonyl (C=O) groups excluding carboxylic acids is 1. The van der Waals surface area contributed by atoms with E-state index in [0.717, 1.165) is 31.3 Å². The number of carbonyl (C=O) groups is 1. The van der Waals surface area contributed by atoms with E-state index in [1.54, 1.807) is 4.90 Å². The topological polar surface area (TPSA) is 41.6 Å². The highest BCUT2D eigenvalue weighted by molar-refractivity contribution is 5.68. The Kier molecular flexibility index (Phi) is 8.38. The zero-order chi connectivity index (χ0) is 17.5. The second-order valence-corrected chi connectivity index (χ2v) is 8.22. The Morgan fingerprint density at radius 1 is 1.22 bits per heavy atom. The summed E-state index contributed by atoms with van der Waals surface area (Å²) in [7, 11) is 0. The van der Waals surface area contributed by atoms with E-state index in [2.05, 4.69) is 19.2 Å². The molecule has 1 saturated carbocycles. The van der Waals surface area contributed by atoms with Gasteiger partial charge in [0.1, 0.15) is 5.60 Å². The Bertz CT molecular complexity index is 342. The third-order valence-electron chi connectivity index (χ3n) is 4.79. The summed E-state index contributed by atoms with van der Waals surface area (Å²) >= 11 is 0. The van der Waals surface area contributed by atoms with Gasteiger partial charge < -0.3 is 15.0 Å². The molecule has 4 heteroatoms. The number of rotatable bonds is 7. The van der Waals surface area contributed by atoms with Crippen LogP contribution in [0.25, 0.3) is 0 Å². The fourth-order valence-corrected chi connectivity index (χ4v) is 3.27. The van der Waals surface area contributed by atoms with Crippen molar-refractivity contribution in [2.24, 2.45) is 11.8 Å². The first-order valence-electron chi connectivity index (χ1n) is 9.44. The smallest absolute Gasteiger partial charge is 0.410 e. The van der Waals surface area contributed by atoms with Crippen LogP contribution in [-0.4, -0.2) is 42.3 Å². The van der Waals surface area contributed by atoms with Crippen molar-refractivity contribution < 1.29 is 9.53 Å². The van der Waals surface area contributed by atoms with Gasteiger partial charge in [-0.15, -0.1) is 0 Å². The zero-order valence-corrected chi connectivity index (χ0v) is 16.2. The minimum atomic E-state index is -0.419. The van der Waals surface area contributed by atoms with Crippen LogP contribution in [0.4, 0.5) is 4.79 Å². The lowest BCUT2D eigenvalue weighted by Gasteiger charge is -2.31. The molecule has 1 rings (SSSR count). The molecule has 0 atom stereocenters. The van der Waals surface area contributed by atoms with Crippen molar-refractivity contribution in [3.63, 3.8) is 0 Å². The van der Waals surface area contributed by atoms with E-state index in [1.165, 1.54) is 25.7 Å². The second-order valence-electron chi connectivity index (χ2n) is 8.22. The van der Waals surface area contributed by atoms with Crippen molar-refractivity contribution in [1.82, 2.24) is 10.2 Å². The van der Waals surface area contributed by atoms with Crippen molar-refractivity contribution >= 4 is 6.09 Å². The molecule has 0 aromatic rings. The number of hydrogen-bond donors (Lipinski definition) is 1. The lowest BCUT2D eigenvalue weighted by molar-refractivity contribution is 0.0258. The molecule has 23 heavy (non-hydrogen) atoms. The SMILES string of the molecule is CCN(CCCNC1CCC(C(C)C)CC1)C(=O)OC(C)(C)C. The fraction of sp³-hybridized carbons (Fsp3) is 0.947. The predicted octanol–water partition coefficient (Wildman–Crippen LogP) is 4.44. The molecule has 0 aliphatic heterocycles. The van der Waals surface area contributed by atoms with E-state index in [4.69, 9.17) is 4.74 Å². The Morgan fingerprint density at radius 3 is 2.30 bits per heavy atom. The minimum Gasteiger partial charge on any atom is -0.444 e. The lowest BCUT2D eigenvalue weighted by atomic mass is 9.80. The van der Waals surface area contributed by atoms with Crippen LogP contribution in [0.5, 0.6) is 0 Å². The van der Waals surface area contributed by atoms with Gasteiger partial charge in [-0.1, -0.05) is 13.8 Å². The second kappa shape index (κ2) is 9.51. The van der Waals surface area contributed by atoms with Crippen LogP contribution in [-0.2, 0) is 4.74 Å². The van der Waals surface area contributed by atoms with E-state index in [-0.39, 0.29) is 6.09 Å². The summed E-state index contributed by atoms with van der Waals surface area (Å²) < 4.78 is 5.44. The van der Waals surface area contributed by atoms with Crippen LogP contribution in [0.1, 0.15) is 73.6 Å². The van der Waals surface area contributed by atoms with Gasteiger partial charge in [-0.2, -0.15) is 0 Å². The molecular formula is C19H38N2O2. The standard InChI is InChI=1S/C19H38N2O2/c1-7-21(18(22)23-19(4,5)6)14-8-13-20-17-11-9-16(10-12-17)15(2)3/h15-17,20H,7-14H2,1-6H3. The fourth-order valence-electron chi connectivity index (χ4n) is 3.27. The minimum absolute atomic E-state index is 0.197. The third-order valence-corrected chi connectivity index (χ3v) is 4.79. The van der Waals surface area contributed by atoms with Crippen LogP contribution in [0, 0.1) is 11.8 Å². The molecule has 0 aromatic heterocycles. The Hall–Kier alpha value is -0.770. The molecule has 1 N–H and O–H groups in total. The first-order valence-corrected chi connectivity index (χ1v) is 9.44. The van der Waals surface area contributed by atoms with Crippen LogP contribution in [0.15, 0.2) is 0 Å². The maximum atomic E-state index is 12.1. The van der Waals surface area contributed by atoms with Crippen molar-refractivity contribution in [3.05, 3.63) is 0 Å². The monoisotopic (exact) mass is 326 g/mol. The maximum absolute atomic E-state index is 12.1. The van der Waals surface area contributed by atoms with Gasteiger partial charge in [0.05, 0.1) is 0 Å². The molecule has 1 aliphatic rings. The van der Waals surface area contributed by atoms with E-state index in [0.29, 0.717) is 12.6 Å². The van der Waals surface area contributed by atoms with Crippen molar-refractivity contribution in [1.29, 1.82) is 0 Å². The average Bonchev–Trinajstić information content (AvgIpc) is 2.45. The Labute approximate surface area is 143 Å². The summed E-state index contributed by atoms with van der Waals surface area (Å²) in [5.41, 5.74) is -0.419. The van der Waals surface area contributed by atoms with Gasteiger partial charge in [-0.3, -0.25) is 0 Å². The van der Waals surface area contributed by atoms with E-state index < -0.39 is 5.60 Å². The molecule has 1 fully saturated rings. The van der Waals surface area contributed by atoms with Crippen molar-refractivity contribution in [2.75, 3.05) is 19.6 Å². The molecule has 4 nitrogen and oxygen atoms in total. The molecule has 0 aromatic carbocycles. The number of nitrogens with zero attached hydrogens (tertiary/aromatic N) is 1. The van der Waals surface area contributed by atoms with Crippen molar-refractivity contribution in [2.45, 2.75) is 85.3 Å². The normalized spacial score (nSPS) is 22.2. The Balaban J connectivity index is 2.19. The van der Waals surface area contributed by atoms with Gasteiger partial charge in [0.15, 0.2) is 0 Å². The average molecular weight is 327 g/mol. The van der Waals surface area contributed by atoms with Gasteiger partial charge in [-0.05, 0) is 78.2 Å². The number of nitrogens with one attached hydrogen (secondary N) is 1. The van der Waals surface area contributed by atoms with Crippen LogP contribution in [0.2, 0.25) is 0 Å². The van der Waals surface area contributed by atoms with Crippen LogP contribution >= 0.6 is 0 Å². The molecule has 1 amide bonds. The largest absolute Gasteiger partial charge is 0.444 e. The summed E-state index contributed by atoms with van der Waals surface area (Å²) in [6, 6.07) is 0.668. The van der Waals surface area contributed by atoms with E-state index in [1.807, 2.05) is 27.7 Å². The molecule has 0 radical (unpaired) electrons. The highest BCUT2D eigenvalue weighted by Crippen LogP contribution is 2.29. The number of hydrogen-bond acceptors (Lipinski definition) is 3. The summed E-state index contributed by atoms with van der Waals surface area (Å²) in [6.45, 7) is 14.9. The first kappa shape index (κ1) is 20.3. The van der Waals surface area contributed by atoms with Crippen molar-refractivity contribution in [3.8, 4) is 0 Å². The van der Waals surface area contributed by atoms with E-state index >= 15 is 0 Å². The lowest BCUT2D eigenvalue weighted by Crippen LogP contribution is -2.39. The van der Waals surface area contributed by atoms with Gasteiger partial charge in [0, 0.05) is 19.1 Å². The first-order chi connectivity index (χ1) is 10.7. The molecule has 0 bridgehead atoms. The maximum Gasteiger partial charge on any atom is 0.410 e. The number of ether oxygens (including phenoxy) is 1. The highest BCUT2D eigenvalue weighted by Gasteiger charge is 2.23. The quantitative estimate of drug-likeness (QED) is 0.703. The zero-order valence-electron chi connectivity index (χ0n) is 16.2. The van der Waals surface area contributed by atoms with Gasteiger partial charge in [-0.25, -0.2) is 4.79 Å².